The normalized spacial score (nSPS) is 15.5. The molecule has 0 saturated heterocycles. The summed E-state index contributed by atoms with van der Waals surface area (Å²) in [5, 5.41) is 0. The standard InChI is InChI=1S/C11H14N2O/c1-8-12-7-6-10(13-8)11(14)5-4-9-2-3-9/h6-7,9H,2-5H2,1H3. The third-order valence-electron chi connectivity index (χ3n) is 2.54. The Morgan fingerprint density at radius 2 is 2.36 bits per heavy atom. The van der Waals surface area contributed by atoms with Gasteiger partial charge in [-0.3, -0.25) is 4.79 Å². The van der Waals surface area contributed by atoms with Crippen molar-refractivity contribution in [2.45, 2.75) is 32.6 Å². The second-order valence-electron chi connectivity index (χ2n) is 3.89. The molecule has 0 atom stereocenters. The van der Waals surface area contributed by atoms with Gasteiger partial charge in [-0.2, -0.15) is 0 Å². The van der Waals surface area contributed by atoms with E-state index >= 15 is 0 Å². The van der Waals surface area contributed by atoms with E-state index in [1.807, 2.05) is 0 Å². The van der Waals surface area contributed by atoms with E-state index in [4.69, 9.17) is 0 Å². The van der Waals surface area contributed by atoms with E-state index in [-0.39, 0.29) is 5.78 Å². The van der Waals surface area contributed by atoms with Gasteiger partial charge in [0.05, 0.1) is 0 Å². The van der Waals surface area contributed by atoms with Crippen LogP contribution in [-0.4, -0.2) is 15.8 Å². The Balaban J connectivity index is 1.95. The second-order valence-corrected chi connectivity index (χ2v) is 3.89. The molecule has 2 rings (SSSR count). The molecule has 14 heavy (non-hydrogen) atoms. The molecule has 1 aliphatic carbocycles. The molecule has 0 aromatic carbocycles. The number of aryl methyl sites for hydroxylation is 1. The lowest BCUT2D eigenvalue weighted by Gasteiger charge is -1.99. The molecule has 1 aromatic rings. The van der Waals surface area contributed by atoms with Crippen molar-refractivity contribution in [1.82, 2.24) is 9.97 Å². The van der Waals surface area contributed by atoms with Gasteiger partial charge in [-0.05, 0) is 25.3 Å². The summed E-state index contributed by atoms with van der Waals surface area (Å²) in [6.45, 7) is 1.80. The fraction of sp³-hybridized carbons (Fsp3) is 0.545. The van der Waals surface area contributed by atoms with Crippen molar-refractivity contribution >= 4 is 5.78 Å². The van der Waals surface area contributed by atoms with Crippen molar-refractivity contribution in [2.75, 3.05) is 0 Å². The van der Waals surface area contributed by atoms with Crippen LogP contribution in [0.15, 0.2) is 12.3 Å². The summed E-state index contributed by atoms with van der Waals surface area (Å²) in [5.41, 5.74) is 0.568. The lowest BCUT2D eigenvalue weighted by molar-refractivity contribution is 0.0973. The van der Waals surface area contributed by atoms with E-state index < -0.39 is 0 Å². The SMILES string of the molecule is Cc1nccc(C(=O)CCC2CC2)n1. The fourth-order valence-corrected chi connectivity index (χ4v) is 1.48. The fourth-order valence-electron chi connectivity index (χ4n) is 1.48. The van der Waals surface area contributed by atoms with Crippen molar-refractivity contribution in [3.63, 3.8) is 0 Å². The molecular formula is C11H14N2O. The van der Waals surface area contributed by atoms with Gasteiger partial charge in [0.2, 0.25) is 0 Å². The van der Waals surface area contributed by atoms with Gasteiger partial charge in [-0.1, -0.05) is 12.8 Å². The number of nitrogens with zero attached hydrogens (tertiary/aromatic N) is 2. The molecule has 74 valence electrons. The summed E-state index contributed by atoms with van der Waals surface area (Å²) in [5.74, 6) is 1.63. The molecule has 0 amide bonds. The van der Waals surface area contributed by atoms with Gasteiger partial charge >= 0.3 is 0 Å². The summed E-state index contributed by atoms with van der Waals surface area (Å²) in [6.07, 6.45) is 5.92. The van der Waals surface area contributed by atoms with E-state index in [1.165, 1.54) is 12.8 Å². The van der Waals surface area contributed by atoms with E-state index in [0.717, 1.165) is 12.3 Å². The quantitative estimate of drug-likeness (QED) is 0.683. The molecule has 1 saturated carbocycles. The zero-order valence-corrected chi connectivity index (χ0v) is 8.36. The predicted octanol–water partition coefficient (Wildman–Crippen LogP) is 2.16. The smallest absolute Gasteiger partial charge is 0.181 e. The van der Waals surface area contributed by atoms with Crippen LogP contribution in [0.4, 0.5) is 0 Å². The van der Waals surface area contributed by atoms with E-state index in [1.54, 1.807) is 19.2 Å². The van der Waals surface area contributed by atoms with Crippen molar-refractivity contribution in [3.8, 4) is 0 Å². The Morgan fingerprint density at radius 3 is 3.00 bits per heavy atom. The van der Waals surface area contributed by atoms with Gasteiger partial charge in [0, 0.05) is 12.6 Å². The number of hydrogen-bond acceptors (Lipinski definition) is 3. The zero-order valence-electron chi connectivity index (χ0n) is 8.36. The first kappa shape index (κ1) is 9.31. The second kappa shape index (κ2) is 3.86. The molecule has 1 aromatic heterocycles. The minimum atomic E-state index is 0.155. The summed E-state index contributed by atoms with van der Waals surface area (Å²) in [4.78, 5) is 19.7. The maximum atomic E-state index is 11.6. The minimum Gasteiger partial charge on any atom is -0.292 e. The van der Waals surface area contributed by atoms with Crippen molar-refractivity contribution in [1.29, 1.82) is 0 Å². The van der Waals surface area contributed by atoms with Crippen LogP contribution >= 0.6 is 0 Å². The lowest BCUT2D eigenvalue weighted by atomic mass is 10.1. The Kier molecular flexibility index (Phi) is 2.57. The number of aromatic nitrogens is 2. The van der Waals surface area contributed by atoms with Crippen LogP contribution in [0.2, 0.25) is 0 Å². The van der Waals surface area contributed by atoms with Gasteiger partial charge in [-0.25, -0.2) is 9.97 Å². The number of rotatable bonds is 4. The average Bonchev–Trinajstić information content (AvgIpc) is 2.97. The molecule has 3 nitrogen and oxygen atoms in total. The molecule has 0 bridgehead atoms. The van der Waals surface area contributed by atoms with Crippen LogP contribution < -0.4 is 0 Å². The highest BCUT2D eigenvalue weighted by Crippen LogP contribution is 2.33. The summed E-state index contributed by atoms with van der Waals surface area (Å²) in [7, 11) is 0. The number of carbonyl (C=O) groups is 1. The molecule has 0 unspecified atom stereocenters. The Bertz CT molecular complexity index is 345. The number of hydrogen-bond donors (Lipinski definition) is 0. The number of Topliss-reactive ketones (excluding diaryl/α,β-unsaturated/α-hetero) is 1. The van der Waals surface area contributed by atoms with Gasteiger partial charge < -0.3 is 0 Å². The van der Waals surface area contributed by atoms with Crippen LogP contribution in [0.1, 0.15) is 42.0 Å². The number of carbonyl (C=O) groups excluding carboxylic acids is 1. The first-order chi connectivity index (χ1) is 6.75. The first-order valence-corrected chi connectivity index (χ1v) is 5.08. The van der Waals surface area contributed by atoms with Crippen LogP contribution in [-0.2, 0) is 0 Å². The highest BCUT2D eigenvalue weighted by molar-refractivity contribution is 5.94. The zero-order chi connectivity index (χ0) is 9.97. The molecule has 0 radical (unpaired) electrons. The highest BCUT2D eigenvalue weighted by atomic mass is 16.1. The van der Waals surface area contributed by atoms with Crippen LogP contribution in [0.5, 0.6) is 0 Å². The van der Waals surface area contributed by atoms with Gasteiger partial charge in [-0.15, -0.1) is 0 Å². The molecule has 1 heterocycles. The molecule has 0 N–H and O–H groups in total. The topological polar surface area (TPSA) is 42.9 Å². The Hall–Kier alpha value is -1.25. The van der Waals surface area contributed by atoms with Gasteiger partial charge in [0.25, 0.3) is 0 Å². The van der Waals surface area contributed by atoms with Crippen LogP contribution in [0.3, 0.4) is 0 Å². The summed E-state index contributed by atoms with van der Waals surface area (Å²) >= 11 is 0. The maximum absolute atomic E-state index is 11.6. The Labute approximate surface area is 83.6 Å². The minimum absolute atomic E-state index is 0.155. The molecule has 1 aliphatic rings. The molecule has 1 fully saturated rings. The highest BCUT2D eigenvalue weighted by Gasteiger charge is 2.22. The van der Waals surface area contributed by atoms with E-state index in [0.29, 0.717) is 17.9 Å². The maximum Gasteiger partial charge on any atom is 0.181 e. The average molecular weight is 190 g/mol. The van der Waals surface area contributed by atoms with Crippen LogP contribution in [0, 0.1) is 12.8 Å². The third kappa shape index (κ3) is 2.37. The van der Waals surface area contributed by atoms with Gasteiger partial charge in [0.15, 0.2) is 5.78 Å². The summed E-state index contributed by atoms with van der Waals surface area (Å²) in [6, 6.07) is 1.70. The summed E-state index contributed by atoms with van der Waals surface area (Å²) < 4.78 is 0. The van der Waals surface area contributed by atoms with Crippen LogP contribution in [0.25, 0.3) is 0 Å². The van der Waals surface area contributed by atoms with Crippen molar-refractivity contribution in [3.05, 3.63) is 23.8 Å². The van der Waals surface area contributed by atoms with E-state index in [9.17, 15) is 4.79 Å². The molecule has 0 spiro atoms. The molecule has 3 heteroatoms. The molecular weight excluding hydrogens is 176 g/mol. The monoisotopic (exact) mass is 190 g/mol. The van der Waals surface area contributed by atoms with Gasteiger partial charge in [0.1, 0.15) is 11.5 Å². The Morgan fingerprint density at radius 1 is 1.57 bits per heavy atom. The van der Waals surface area contributed by atoms with E-state index in [2.05, 4.69) is 9.97 Å². The lowest BCUT2D eigenvalue weighted by Crippen LogP contribution is -2.04. The largest absolute Gasteiger partial charge is 0.292 e. The van der Waals surface area contributed by atoms with Crippen molar-refractivity contribution in [2.24, 2.45) is 5.92 Å². The third-order valence-corrected chi connectivity index (χ3v) is 2.54. The van der Waals surface area contributed by atoms with Crippen molar-refractivity contribution < 1.29 is 4.79 Å². The molecule has 0 aliphatic heterocycles. The number of ketones is 1. The first-order valence-electron chi connectivity index (χ1n) is 5.08. The predicted molar refractivity (Wildman–Crippen MR) is 53.1 cm³/mol.